The summed E-state index contributed by atoms with van der Waals surface area (Å²) < 4.78 is 11.1. The number of para-hydroxylation sites is 2. The van der Waals surface area contributed by atoms with Crippen LogP contribution in [0.1, 0.15) is 41.5 Å². The number of benzene rings is 2. The molecule has 0 aliphatic heterocycles. The quantitative estimate of drug-likeness (QED) is 0.614. The second kappa shape index (κ2) is 8.81. The summed E-state index contributed by atoms with van der Waals surface area (Å²) in [5, 5.41) is 15.6. The van der Waals surface area contributed by atoms with E-state index in [1.165, 1.54) is 12.1 Å². The third kappa shape index (κ3) is 4.73. The normalized spacial score (nSPS) is 11.6. The Hall–Kier alpha value is -3.68. The summed E-state index contributed by atoms with van der Waals surface area (Å²) in [6.45, 7) is 1.92. The summed E-state index contributed by atoms with van der Waals surface area (Å²) in [6.07, 6.45) is 0.0212. The molecule has 0 saturated carbocycles. The van der Waals surface area contributed by atoms with Crippen LogP contribution in [0.25, 0.3) is 0 Å². The molecule has 0 aliphatic carbocycles. The Bertz CT molecular complexity index is 955. The molecule has 144 valence electrons. The summed E-state index contributed by atoms with van der Waals surface area (Å²) in [5.41, 5.74) is 0.217. The lowest BCUT2D eigenvalue weighted by atomic mass is 10.2. The maximum absolute atomic E-state index is 12.2. The molecule has 8 heteroatoms. The fourth-order valence-corrected chi connectivity index (χ4v) is 2.56. The van der Waals surface area contributed by atoms with Gasteiger partial charge in [0.25, 0.3) is 5.89 Å². The first-order valence-electron chi connectivity index (χ1n) is 8.73. The fourth-order valence-electron chi connectivity index (χ4n) is 2.56. The maximum atomic E-state index is 12.2. The molecule has 1 amide bonds. The first-order chi connectivity index (χ1) is 13.6. The lowest BCUT2D eigenvalue weighted by Gasteiger charge is -2.13. The molecule has 1 atom stereocenters. The molecule has 3 rings (SSSR count). The van der Waals surface area contributed by atoms with Gasteiger partial charge < -0.3 is 19.7 Å². The second-order valence-corrected chi connectivity index (χ2v) is 5.95. The highest BCUT2D eigenvalue weighted by Crippen LogP contribution is 2.23. The predicted molar refractivity (Wildman–Crippen MR) is 100 cm³/mol. The molecule has 28 heavy (non-hydrogen) atoms. The molecule has 0 bridgehead atoms. The molecule has 2 aromatic carbocycles. The van der Waals surface area contributed by atoms with Gasteiger partial charge in [0.05, 0.1) is 17.7 Å². The van der Waals surface area contributed by atoms with E-state index in [0.717, 1.165) is 0 Å². The van der Waals surface area contributed by atoms with Crippen LogP contribution in [-0.4, -0.2) is 27.1 Å². The summed E-state index contributed by atoms with van der Waals surface area (Å²) in [4.78, 5) is 27.7. The lowest BCUT2D eigenvalue weighted by Crippen LogP contribution is -2.17. The molecule has 2 N–H and O–H groups in total. The number of aromatic carboxylic acids is 1. The zero-order chi connectivity index (χ0) is 19.9. The van der Waals surface area contributed by atoms with E-state index in [1.807, 2.05) is 37.3 Å². The van der Waals surface area contributed by atoms with Crippen LogP contribution < -0.4 is 10.1 Å². The van der Waals surface area contributed by atoms with E-state index >= 15 is 0 Å². The zero-order valence-electron chi connectivity index (χ0n) is 15.2. The van der Waals surface area contributed by atoms with Gasteiger partial charge in [-0.15, -0.1) is 0 Å². The number of aromatic nitrogens is 2. The van der Waals surface area contributed by atoms with Crippen molar-refractivity contribution in [2.24, 2.45) is 0 Å². The van der Waals surface area contributed by atoms with E-state index in [-0.39, 0.29) is 29.4 Å². The van der Waals surface area contributed by atoms with E-state index in [0.29, 0.717) is 12.2 Å². The number of anilines is 1. The Kier molecular flexibility index (Phi) is 6.01. The Morgan fingerprint density at radius 3 is 2.57 bits per heavy atom. The number of rotatable bonds is 8. The van der Waals surface area contributed by atoms with Crippen LogP contribution in [0.3, 0.4) is 0 Å². The van der Waals surface area contributed by atoms with E-state index < -0.39 is 18.0 Å². The zero-order valence-corrected chi connectivity index (χ0v) is 15.2. The first-order valence-corrected chi connectivity index (χ1v) is 8.73. The molecular formula is C20H19N3O5. The average Bonchev–Trinajstić information content (AvgIpc) is 3.15. The second-order valence-electron chi connectivity index (χ2n) is 5.95. The van der Waals surface area contributed by atoms with Crippen molar-refractivity contribution in [1.82, 2.24) is 10.1 Å². The van der Waals surface area contributed by atoms with Gasteiger partial charge in [0.2, 0.25) is 5.91 Å². The van der Waals surface area contributed by atoms with Crippen LogP contribution in [0, 0.1) is 0 Å². The molecule has 0 saturated heterocycles. The minimum absolute atomic E-state index is 0.00644. The molecule has 0 aliphatic rings. The average molecular weight is 381 g/mol. The Balaban J connectivity index is 1.65. The molecule has 1 unspecified atom stereocenters. The van der Waals surface area contributed by atoms with Crippen LogP contribution in [0.4, 0.5) is 5.69 Å². The molecule has 1 aromatic heterocycles. The van der Waals surface area contributed by atoms with Gasteiger partial charge in [0.15, 0.2) is 11.9 Å². The number of nitrogens with zero attached hydrogens (tertiary/aromatic N) is 2. The molecule has 0 spiro atoms. The molecule has 1 heterocycles. The van der Waals surface area contributed by atoms with Crippen LogP contribution in [0.5, 0.6) is 5.75 Å². The maximum Gasteiger partial charge on any atom is 0.337 e. The van der Waals surface area contributed by atoms with Crippen molar-refractivity contribution in [2.45, 2.75) is 25.9 Å². The minimum Gasteiger partial charge on any atom is -0.481 e. The van der Waals surface area contributed by atoms with Gasteiger partial charge in [-0.1, -0.05) is 42.4 Å². The minimum atomic E-state index is -1.12. The van der Waals surface area contributed by atoms with E-state index in [1.54, 1.807) is 12.1 Å². The van der Waals surface area contributed by atoms with Crippen LogP contribution >= 0.6 is 0 Å². The van der Waals surface area contributed by atoms with Crippen LogP contribution in [0.15, 0.2) is 59.1 Å². The topological polar surface area (TPSA) is 115 Å². The number of carbonyl (C=O) groups is 2. The summed E-state index contributed by atoms with van der Waals surface area (Å²) >= 11 is 0. The number of carbonyl (C=O) groups excluding carboxylic acids is 1. The highest BCUT2D eigenvalue weighted by Gasteiger charge is 2.21. The standard InChI is InChI=1S/C20H19N3O5/c1-2-16(27-13-8-4-3-5-9-13)19-22-17(23-28-19)12-18(24)21-15-11-7-6-10-14(15)20(25)26/h3-11,16H,2,12H2,1H3,(H,21,24)(H,25,26). The predicted octanol–water partition coefficient (Wildman–Crippen LogP) is 3.48. The van der Waals surface area contributed by atoms with Crippen molar-refractivity contribution in [2.75, 3.05) is 5.32 Å². The lowest BCUT2D eigenvalue weighted by molar-refractivity contribution is -0.115. The van der Waals surface area contributed by atoms with E-state index in [4.69, 9.17) is 9.26 Å². The number of ether oxygens (including phenoxy) is 1. The SMILES string of the molecule is CCC(Oc1ccccc1)c1nc(CC(=O)Nc2ccccc2C(=O)O)no1. The smallest absolute Gasteiger partial charge is 0.337 e. The molecule has 3 aromatic rings. The highest BCUT2D eigenvalue weighted by atomic mass is 16.5. The number of hydrogen-bond donors (Lipinski definition) is 2. The summed E-state index contributed by atoms with van der Waals surface area (Å²) in [7, 11) is 0. The number of carboxylic acid groups (broad SMARTS) is 1. The van der Waals surface area contributed by atoms with E-state index in [2.05, 4.69) is 15.5 Å². The molecular weight excluding hydrogens is 362 g/mol. The highest BCUT2D eigenvalue weighted by molar-refractivity contribution is 6.00. The van der Waals surface area contributed by atoms with Crippen molar-refractivity contribution in [3.8, 4) is 5.75 Å². The summed E-state index contributed by atoms with van der Waals surface area (Å²) in [6, 6.07) is 15.4. The summed E-state index contributed by atoms with van der Waals surface area (Å²) in [5.74, 6) is -0.424. The number of hydrogen-bond acceptors (Lipinski definition) is 6. The van der Waals surface area contributed by atoms with Gasteiger partial charge in [-0.05, 0) is 30.7 Å². The van der Waals surface area contributed by atoms with E-state index in [9.17, 15) is 14.7 Å². The Morgan fingerprint density at radius 1 is 1.14 bits per heavy atom. The molecule has 0 radical (unpaired) electrons. The molecule has 0 fully saturated rings. The van der Waals surface area contributed by atoms with Gasteiger partial charge in [-0.25, -0.2) is 4.79 Å². The Labute approximate surface area is 161 Å². The van der Waals surface area contributed by atoms with Crippen LogP contribution in [0.2, 0.25) is 0 Å². The monoisotopic (exact) mass is 381 g/mol. The van der Waals surface area contributed by atoms with Gasteiger partial charge in [-0.3, -0.25) is 4.79 Å². The van der Waals surface area contributed by atoms with Gasteiger partial charge in [0.1, 0.15) is 5.75 Å². The largest absolute Gasteiger partial charge is 0.481 e. The van der Waals surface area contributed by atoms with Gasteiger partial charge >= 0.3 is 5.97 Å². The number of amides is 1. The first kappa shape index (κ1) is 19.1. The van der Waals surface area contributed by atoms with Crippen molar-refractivity contribution in [3.05, 3.63) is 71.9 Å². The third-order valence-corrected chi connectivity index (χ3v) is 3.90. The van der Waals surface area contributed by atoms with Gasteiger partial charge in [-0.2, -0.15) is 4.98 Å². The van der Waals surface area contributed by atoms with Crippen LogP contribution in [-0.2, 0) is 11.2 Å². The van der Waals surface area contributed by atoms with Crippen molar-refractivity contribution in [3.63, 3.8) is 0 Å². The Morgan fingerprint density at radius 2 is 1.86 bits per heavy atom. The van der Waals surface area contributed by atoms with Crippen molar-refractivity contribution < 1.29 is 24.0 Å². The van der Waals surface area contributed by atoms with Crippen molar-refractivity contribution >= 4 is 17.6 Å². The third-order valence-electron chi connectivity index (χ3n) is 3.90. The van der Waals surface area contributed by atoms with Gasteiger partial charge in [0, 0.05) is 0 Å². The molecule has 8 nitrogen and oxygen atoms in total. The number of carboxylic acids is 1. The van der Waals surface area contributed by atoms with Crippen molar-refractivity contribution in [1.29, 1.82) is 0 Å². The fraction of sp³-hybridized carbons (Fsp3) is 0.200. The number of nitrogens with one attached hydrogen (secondary N) is 1.